The van der Waals surface area contributed by atoms with Gasteiger partial charge in [-0.05, 0) is 31.1 Å². The number of hydrogen-bond acceptors (Lipinski definition) is 4. The minimum atomic E-state index is -0.812. The predicted octanol–water partition coefficient (Wildman–Crippen LogP) is 1.04. The number of aliphatic hydroxyl groups is 2. The lowest BCUT2D eigenvalue weighted by Gasteiger charge is -2.40. The van der Waals surface area contributed by atoms with Gasteiger partial charge in [0.05, 0.1) is 12.2 Å². The highest BCUT2D eigenvalue weighted by Gasteiger charge is 2.36. The number of alkyl carbamates (subject to hydrolysis) is 1. The van der Waals surface area contributed by atoms with Crippen molar-refractivity contribution in [3.8, 4) is 0 Å². The fraction of sp³-hybridized carbons (Fsp3) is 0.917. The van der Waals surface area contributed by atoms with Crippen molar-refractivity contribution in [2.24, 2.45) is 5.41 Å². The van der Waals surface area contributed by atoms with Gasteiger partial charge in [-0.25, -0.2) is 4.79 Å². The van der Waals surface area contributed by atoms with Crippen LogP contribution in [0, 0.1) is 5.41 Å². The number of ether oxygens (including phenoxy) is 1. The molecule has 0 aromatic carbocycles. The highest BCUT2D eigenvalue weighted by atomic mass is 16.6. The summed E-state index contributed by atoms with van der Waals surface area (Å²) in [6.45, 7) is 4.39. The van der Waals surface area contributed by atoms with Gasteiger partial charge in [0.25, 0.3) is 0 Å². The summed E-state index contributed by atoms with van der Waals surface area (Å²) in [7, 11) is 0. The average molecular weight is 245 g/mol. The molecule has 0 radical (unpaired) electrons. The lowest BCUT2D eigenvalue weighted by molar-refractivity contribution is -0.0243. The maximum atomic E-state index is 11.2. The van der Waals surface area contributed by atoms with Crippen molar-refractivity contribution in [3.63, 3.8) is 0 Å². The van der Waals surface area contributed by atoms with Crippen LogP contribution < -0.4 is 5.32 Å². The Labute approximate surface area is 102 Å². The van der Waals surface area contributed by atoms with Crippen LogP contribution in [0.15, 0.2) is 0 Å². The molecule has 100 valence electrons. The Balaban J connectivity index is 2.29. The predicted molar refractivity (Wildman–Crippen MR) is 63.6 cm³/mol. The second-order valence-electron chi connectivity index (χ2n) is 5.60. The third kappa shape index (κ3) is 4.91. The number of nitrogens with one attached hydrogen (secondary N) is 1. The smallest absolute Gasteiger partial charge is 0.407 e. The van der Waals surface area contributed by atoms with E-state index in [1.807, 2.05) is 0 Å². The van der Waals surface area contributed by atoms with E-state index in [1.165, 1.54) is 0 Å². The van der Waals surface area contributed by atoms with Gasteiger partial charge in [-0.15, -0.1) is 0 Å². The van der Waals surface area contributed by atoms with Crippen molar-refractivity contribution in [3.05, 3.63) is 0 Å². The van der Waals surface area contributed by atoms with Crippen LogP contribution in [-0.2, 0) is 4.74 Å². The zero-order valence-electron chi connectivity index (χ0n) is 10.7. The molecule has 0 saturated heterocycles. The summed E-state index contributed by atoms with van der Waals surface area (Å²) >= 11 is 0. The molecule has 1 fully saturated rings. The Bertz CT molecular complexity index is 255. The molecular formula is C12H23NO4. The highest BCUT2D eigenvalue weighted by molar-refractivity contribution is 5.67. The van der Waals surface area contributed by atoms with E-state index in [9.17, 15) is 9.90 Å². The Morgan fingerprint density at radius 1 is 1.29 bits per heavy atom. The van der Waals surface area contributed by atoms with Crippen molar-refractivity contribution in [2.75, 3.05) is 19.8 Å². The van der Waals surface area contributed by atoms with Gasteiger partial charge in [-0.1, -0.05) is 13.8 Å². The first-order valence-corrected chi connectivity index (χ1v) is 6.11. The van der Waals surface area contributed by atoms with Crippen LogP contribution in [0.3, 0.4) is 0 Å². The second kappa shape index (κ2) is 5.69. The molecule has 17 heavy (non-hydrogen) atoms. The Morgan fingerprint density at radius 2 is 1.88 bits per heavy atom. The van der Waals surface area contributed by atoms with E-state index in [0.717, 1.165) is 12.8 Å². The van der Waals surface area contributed by atoms with E-state index in [0.29, 0.717) is 12.8 Å². The Hall–Kier alpha value is -0.810. The molecule has 5 heteroatoms. The fourth-order valence-corrected chi connectivity index (χ4v) is 1.99. The maximum Gasteiger partial charge on any atom is 0.407 e. The molecule has 1 saturated carbocycles. The third-order valence-electron chi connectivity index (χ3n) is 3.42. The average Bonchev–Trinajstić information content (AvgIpc) is 2.29. The van der Waals surface area contributed by atoms with Gasteiger partial charge in [0, 0.05) is 6.54 Å². The summed E-state index contributed by atoms with van der Waals surface area (Å²) in [5.74, 6) is 0. The van der Waals surface area contributed by atoms with Crippen LogP contribution in [0.25, 0.3) is 0 Å². The molecule has 1 aliphatic rings. The molecule has 0 unspecified atom stereocenters. The minimum absolute atomic E-state index is 0.0166. The number of carbonyl (C=O) groups excluding carboxylic acids is 1. The largest absolute Gasteiger partial charge is 0.447 e. The molecule has 0 spiro atoms. The van der Waals surface area contributed by atoms with Gasteiger partial charge in [0.1, 0.15) is 6.61 Å². The van der Waals surface area contributed by atoms with Crippen molar-refractivity contribution in [1.82, 2.24) is 5.32 Å². The molecule has 0 aliphatic heterocycles. The van der Waals surface area contributed by atoms with Crippen molar-refractivity contribution >= 4 is 6.09 Å². The van der Waals surface area contributed by atoms with E-state index in [2.05, 4.69) is 23.9 Å². The van der Waals surface area contributed by atoms with Gasteiger partial charge in [-0.3, -0.25) is 0 Å². The normalized spacial score (nSPS) is 21.9. The maximum absolute atomic E-state index is 11.2. The van der Waals surface area contributed by atoms with E-state index >= 15 is 0 Å². The third-order valence-corrected chi connectivity index (χ3v) is 3.42. The molecule has 1 amide bonds. The van der Waals surface area contributed by atoms with Crippen LogP contribution >= 0.6 is 0 Å². The molecule has 0 aromatic heterocycles. The van der Waals surface area contributed by atoms with Crippen LogP contribution in [0.5, 0.6) is 0 Å². The highest BCUT2D eigenvalue weighted by Crippen LogP contribution is 2.39. The van der Waals surface area contributed by atoms with Crippen molar-refractivity contribution < 1.29 is 19.7 Å². The molecule has 1 aliphatic carbocycles. The SMILES string of the molecule is CC1(C)CCC(O)(CNC(=O)OCCO)CC1. The molecule has 0 bridgehead atoms. The number of hydrogen-bond donors (Lipinski definition) is 3. The lowest BCUT2D eigenvalue weighted by Crippen LogP contribution is -2.46. The Kier molecular flexibility index (Phi) is 4.77. The van der Waals surface area contributed by atoms with Gasteiger partial charge in [0.2, 0.25) is 0 Å². The van der Waals surface area contributed by atoms with Crippen molar-refractivity contribution in [2.45, 2.75) is 45.1 Å². The summed E-state index contributed by atoms with van der Waals surface area (Å²) < 4.78 is 4.66. The van der Waals surface area contributed by atoms with E-state index in [-0.39, 0.29) is 25.2 Å². The van der Waals surface area contributed by atoms with E-state index in [4.69, 9.17) is 5.11 Å². The zero-order chi connectivity index (χ0) is 12.9. The number of aliphatic hydroxyl groups excluding tert-OH is 1. The van der Waals surface area contributed by atoms with E-state index in [1.54, 1.807) is 0 Å². The molecule has 3 N–H and O–H groups in total. The number of carbonyl (C=O) groups is 1. The van der Waals surface area contributed by atoms with Crippen LogP contribution in [-0.4, -0.2) is 41.7 Å². The Morgan fingerprint density at radius 3 is 2.41 bits per heavy atom. The zero-order valence-corrected chi connectivity index (χ0v) is 10.7. The molecule has 0 aromatic rings. The minimum Gasteiger partial charge on any atom is -0.447 e. The van der Waals surface area contributed by atoms with Gasteiger partial charge < -0.3 is 20.3 Å². The van der Waals surface area contributed by atoms with Crippen molar-refractivity contribution in [1.29, 1.82) is 0 Å². The molecule has 0 heterocycles. The van der Waals surface area contributed by atoms with Gasteiger partial charge in [-0.2, -0.15) is 0 Å². The van der Waals surface area contributed by atoms with Crippen LogP contribution in [0.4, 0.5) is 4.79 Å². The molecule has 1 rings (SSSR count). The van der Waals surface area contributed by atoms with Gasteiger partial charge in [0.15, 0.2) is 0 Å². The quantitative estimate of drug-likeness (QED) is 0.691. The van der Waals surface area contributed by atoms with Crippen LogP contribution in [0.1, 0.15) is 39.5 Å². The summed E-state index contributed by atoms with van der Waals surface area (Å²) in [6, 6.07) is 0. The van der Waals surface area contributed by atoms with Gasteiger partial charge >= 0.3 is 6.09 Å². The standard InChI is InChI=1S/C12H23NO4/c1-11(2)3-5-12(16,6-4-11)9-13-10(15)17-8-7-14/h14,16H,3-9H2,1-2H3,(H,13,15). The molecule has 5 nitrogen and oxygen atoms in total. The topological polar surface area (TPSA) is 78.8 Å². The summed E-state index contributed by atoms with van der Waals surface area (Å²) in [5.41, 5.74) is -0.530. The van der Waals surface area contributed by atoms with Crippen LogP contribution in [0.2, 0.25) is 0 Å². The molecular weight excluding hydrogens is 222 g/mol. The first-order valence-electron chi connectivity index (χ1n) is 6.11. The fourth-order valence-electron chi connectivity index (χ4n) is 1.99. The monoisotopic (exact) mass is 245 g/mol. The number of amides is 1. The first-order chi connectivity index (χ1) is 7.87. The molecule has 0 atom stereocenters. The second-order valence-corrected chi connectivity index (χ2v) is 5.60. The summed E-state index contributed by atoms with van der Waals surface area (Å²) in [4.78, 5) is 11.2. The number of rotatable bonds is 4. The van der Waals surface area contributed by atoms with E-state index < -0.39 is 11.7 Å². The first kappa shape index (κ1) is 14.3. The summed E-state index contributed by atoms with van der Waals surface area (Å²) in [6.07, 6.45) is 2.71. The lowest BCUT2D eigenvalue weighted by atomic mass is 9.71. The summed E-state index contributed by atoms with van der Waals surface area (Å²) in [5, 5.41) is 21.3.